The Hall–Kier alpha value is -1.39. The van der Waals surface area contributed by atoms with Crippen LogP contribution in [0.5, 0.6) is 0 Å². The van der Waals surface area contributed by atoms with Crippen molar-refractivity contribution in [3.63, 3.8) is 0 Å². The minimum atomic E-state index is -1.32. The molecule has 0 amide bonds. The molecule has 0 aliphatic rings. The number of carbonyl (C=O) groups excluding carboxylic acids is 1. The lowest BCUT2D eigenvalue weighted by Gasteiger charge is -2.16. The number of rotatable bonds is 3. The average molecular weight is 195 g/mol. The third kappa shape index (κ3) is 2.31. The first-order chi connectivity index (χ1) is 6.66. The minimum absolute atomic E-state index is 0.699. The highest BCUT2D eigenvalue weighted by molar-refractivity contribution is 5.75. The lowest BCUT2D eigenvalue weighted by atomic mass is 10.0. The molecule has 0 radical (unpaired) electrons. The molecule has 0 aromatic heterocycles. The summed E-state index contributed by atoms with van der Waals surface area (Å²) in [6.45, 7) is 0. The molecule has 2 atom stereocenters. The summed E-state index contributed by atoms with van der Waals surface area (Å²) in [6.07, 6.45) is -1.32. The Morgan fingerprint density at radius 3 is 2.50 bits per heavy atom. The van der Waals surface area contributed by atoms with Crippen LogP contribution in [0.1, 0.15) is 11.6 Å². The highest BCUT2D eigenvalue weighted by atomic mass is 16.5. The molecule has 1 aromatic carbocycles. The van der Waals surface area contributed by atoms with Crippen LogP contribution in [-0.2, 0) is 9.53 Å². The molecule has 0 aliphatic carbocycles. The van der Waals surface area contributed by atoms with E-state index in [0.717, 1.165) is 0 Å². The van der Waals surface area contributed by atoms with Gasteiger partial charge in [-0.25, -0.2) is 4.79 Å². The number of aliphatic hydroxyl groups excluding tert-OH is 1. The molecule has 0 unspecified atom stereocenters. The van der Waals surface area contributed by atoms with Crippen molar-refractivity contribution in [1.29, 1.82) is 0 Å². The maximum Gasteiger partial charge on any atom is 0.336 e. The Balaban J connectivity index is 2.75. The third-order valence-electron chi connectivity index (χ3n) is 1.97. The van der Waals surface area contributed by atoms with E-state index in [1.54, 1.807) is 24.3 Å². The Labute approximate surface area is 82.3 Å². The molecule has 4 heteroatoms. The summed E-state index contributed by atoms with van der Waals surface area (Å²) in [4.78, 5) is 11.0. The quantitative estimate of drug-likeness (QED) is 0.677. The Morgan fingerprint density at radius 2 is 2.00 bits per heavy atom. The van der Waals surface area contributed by atoms with Gasteiger partial charge in [-0.05, 0) is 5.56 Å². The zero-order valence-corrected chi connectivity index (χ0v) is 7.88. The highest BCUT2D eigenvalue weighted by Gasteiger charge is 2.24. The van der Waals surface area contributed by atoms with Crippen molar-refractivity contribution >= 4 is 5.97 Å². The number of ether oxygens (including phenoxy) is 1. The molecule has 0 fully saturated rings. The average Bonchev–Trinajstić information content (AvgIpc) is 2.27. The summed E-state index contributed by atoms with van der Waals surface area (Å²) in [5.41, 5.74) is 6.36. The van der Waals surface area contributed by atoms with E-state index in [-0.39, 0.29) is 0 Å². The number of esters is 1. The van der Waals surface area contributed by atoms with Crippen LogP contribution >= 0.6 is 0 Å². The molecule has 4 nitrogen and oxygen atoms in total. The van der Waals surface area contributed by atoms with E-state index in [1.165, 1.54) is 7.11 Å². The smallest absolute Gasteiger partial charge is 0.336 e. The molecule has 14 heavy (non-hydrogen) atoms. The molecule has 0 aliphatic heterocycles. The second-order valence-corrected chi connectivity index (χ2v) is 2.90. The summed E-state index contributed by atoms with van der Waals surface area (Å²) >= 11 is 0. The normalized spacial score (nSPS) is 14.5. The zero-order chi connectivity index (χ0) is 10.6. The first kappa shape index (κ1) is 10.7. The fourth-order valence-electron chi connectivity index (χ4n) is 1.12. The second-order valence-electron chi connectivity index (χ2n) is 2.90. The summed E-state index contributed by atoms with van der Waals surface area (Å²) in [5, 5.41) is 9.44. The van der Waals surface area contributed by atoms with Crippen molar-refractivity contribution in [1.82, 2.24) is 0 Å². The predicted octanol–water partition coefficient (Wildman–Crippen LogP) is 0.220. The van der Waals surface area contributed by atoms with Crippen LogP contribution in [0.15, 0.2) is 30.3 Å². The maximum absolute atomic E-state index is 11.0. The maximum atomic E-state index is 11.0. The molecule has 0 saturated heterocycles. The van der Waals surface area contributed by atoms with Gasteiger partial charge in [0.15, 0.2) is 6.10 Å². The Morgan fingerprint density at radius 1 is 1.43 bits per heavy atom. The molecule has 0 saturated carbocycles. The van der Waals surface area contributed by atoms with E-state index < -0.39 is 18.1 Å². The lowest BCUT2D eigenvalue weighted by molar-refractivity contribution is -0.151. The number of hydrogen-bond acceptors (Lipinski definition) is 4. The van der Waals surface area contributed by atoms with Crippen molar-refractivity contribution in [2.75, 3.05) is 7.11 Å². The van der Waals surface area contributed by atoms with Crippen LogP contribution in [0.25, 0.3) is 0 Å². The van der Waals surface area contributed by atoms with Gasteiger partial charge in [0.2, 0.25) is 0 Å². The van der Waals surface area contributed by atoms with Crippen LogP contribution in [-0.4, -0.2) is 24.3 Å². The van der Waals surface area contributed by atoms with E-state index in [0.29, 0.717) is 5.56 Å². The van der Waals surface area contributed by atoms with Gasteiger partial charge in [0.25, 0.3) is 0 Å². The molecule has 0 heterocycles. The van der Waals surface area contributed by atoms with E-state index in [9.17, 15) is 9.90 Å². The number of aliphatic hydroxyl groups is 1. The van der Waals surface area contributed by atoms with Crippen LogP contribution in [0.3, 0.4) is 0 Å². The number of benzene rings is 1. The number of hydrogen-bond donors (Lipinski definition) is 2. The van der Waals surface area contributed by atoms with Crippen molar-refractivity contribution in [2.45, 2.75) is 12.1 Å². The van der Waals surface area contributed by atoms with Gasteiger partial charge in [0.1, 0.15) is 0 Å². The summed E-state index contributed by atoms with van der Waals surface area (Å²) in [6, 6.07) is 8.16. The molecule has 0 bridgehead atoms. The van der Waals surface area contributed by atoms with Crippen molar-refractivity contribution in [3.8, 4) is 0 Å². The van der Waals surface area contributed by atoms with Crippen molar-refractivity contribution in [3.05, 3.63) is 35.9 Å². The third-order valence-corrected chi connectivity index (χ3v) is 1.97. The SMILES string of the molecule is COC(=O)[C@H](O)[C@@H](N)c1ccccc1. The molecule has 76 valence electrons. The standard InChI is InChI=1S/C10H13NO3/c1-14-10(13)9(12)8(11)7-5-3-2-4-6-7/h2-6,8-9,12H,11H2,1H3/t8-,9+/m0/s1. The Kier molecular flexibility index (Phi) is 3.62. The van der Waals surface area contributed by atoms with Crippen molar-refractivity contribution < 1.29 is 14.6 Å². The van der Waals surface area contributed by atoms with E-state index in [2.05, 4.69) is 4.74 Å². The van der Waals surface area contributed by atoms with Gasteiger partial charge in [0.05, 0.1) is 13.2 Å². The summed E-state index contributed by atoms with van der Waals surface area (Å²) in [5.74, 6) is -0.721. The minimum Gasteiger partial charge on any atom is -0.467 e. The van der Waals surface area contributed by atoms with Gasteiger partial charge in [0, 0.05) is 0 Å². The van der Waals surface area contributed by atoms with Gasteiger partial charge < -0.3 is 15.6 Å². The van der Waals surface area contributed by atoms with Crippen LogP contribution in [0, 0.1) is 0 Å². The fourth-order valence-corrected chi connectivity index (χ4v) is 1.12. The van der Waals surface area contributed by atoms with Gasteiger partial charge in [-0.15, -0.1) is 0 Å². The monoisotopic (exact) mass is 195 g/mol. The molecule has 0 spiro atoms. The second kappa shape index (κ2) is 4.74. The molecular formula is C10H13NO3. The first-order valence-corrected chi connectivity index (χ1v) is 4.23. The number of nitrogens with two attached hydrogens (primary N) is 1. The summed E-state index contributed by atoms with van der Waals surface area (Å²) < 4.78 is 4.39. The zero-order valence-electron chi connectivity index (χ0n) is 7.88. The summed E-state index contributed by atoms with van der Waals surface area (Å²) in [7, 11) is 1.21. The van der Waals surface area contributed by atoms with Crippen LogP contribution < -0.4 is 5.73 Å². The van der Waals surface area contributed by atoms with E-state index in [1.807, 2.05) is 6.07 Å². The molecule has 1 aromatic rings. The molecule has 1 rings (SSSR count). The predicted molar refractivity (Wildman–Crippen MR) is 51.4 cm³/mol. The van der Waals surface area contributed by atoms with Gasteiger partial charge >= 0.3 is 5.97 Å². The largest absolute Gasteiger partial charge is 0.467 e. The Bertz CT molecular complexity index is 299. The highest BCUT2D eigenvalue weighted by Crippen LogP contribution is 2.14. The number of methoxy groups -OCH3 is 1. The molecular weight excluding hydrogens is 182 g/mol. The van der Waals surface area contributed by atoms with E-state index in [4.69, 9.17) is 5.73 Å². The van der Waals surface area contributed by atoms with Crippen LogP contribution in [0.4, 0.5) is 0 Å². The van der Waals surface area contributed by atoms with Gasteiger partial charge in [-0.3, -0.25) is 0 Å². The van der Waals surface area contributed by atoms with Gasteiger partial charge in [-0.1, -0.05) is 30.3 Å². The number of carbonyl (C=O) groups is 1. The van der Waals surface area contributed by atoms with E-state index >= 15 is 0 Å². The molecule has 3 N–H and O–H groups in total. The fraction of sp³-hybridized carbons (Fsp3) is 0.300. The lowest BCUT2D eigenvalue weighted by Crippen LogP contribution is -2.34. The van der Waals surface area contributed by atoms with Gasteiger partial charge in [-0.2, -0.15) is 0 Å². The van der Waals surface area contributed by atoms with Crippen LogP contribution in [0.2, 0.25) is 0 Å². The first-order valence-electron chi connectivity index (χ1n) is 4.23. The van der Waals surface area contributed by atoms with Crippen molar-refractivity contribution in [2.24, 2.45) is 5.73 Å². The topological polar surface area (TPSA) is 72.5 Å².